The largest absolute Gasteiger partial charge is 0.381 e. The number of hydrogen-bond acceptors (Lipinski definition) is 2. The molecule has 1 aliphatic heterocycles. The van der Waals surface area contributed by atoms with Crippen molar-refractivity contribution in [3.63, 3.8) is 0 Å². The van der Waals surface area contributed by atoms with Gasteiger partial charge >= 0.3 is 0 Å². The minimum Gasteiger partial charge on any atom is -0.381 e. The Balaban J connectivity index is 1.72. The second-order valence-corrected chi connectivity index (χ2v) is 5.32. The van der Waals surface area contributed by atoms with Crippen molar-refractivity contribution in [2.75, 3.05) is 26.8 Å². The number of ether oxygens (including phenoxy) is 1. The van der Waals surface area contributed by atoms with Gasteiger partial charge in [0.15, 0.2) is 0 Å². The van der Waals surface area contributed by atoms with E-state index < -0.39 is 0 Å². The molecule has 1 amide bonds. The molecule has 104 valence electrons. The Kier molecular flexibility index (Phi) is 5.40. The van der Waals surface area contributed by atoms with Crippen LogP contribution in [0.2, 0.25) is 0 Å². The first-order valence-electron chi connectivity index (χ1n) is 7.11. The number of rotatable bonds is 5. The van der Waals surface area contributed by atoms with Gasteiger partial charge in [0, 0.05) is 33.2 Å². The van der Waals surface area contributed by atoms with Crippen LogP contribution in [0.4, 0.5) is 0 Å². The summed E-state index contributed by atoms with van der Waals surface area (Å²) in [5, 5.41) is 0. The van der Waals surface area contributed by atoms with Gasteiger partial charge in [-0.25, -0.2) is 0 Å². The van der Waals surface area contributed by atoms with Gasteiger partial charge in [-0.3, -0.25) is 4.79 Å². The number of amides is 1. The molecule has 3 heteroatoms. The second-order valence-electron chi connectivity index (χ2n) is 5.32. The Hall–Kier alpha value is -1.35. The molecule has 0 radical (unpaired) electrons. The van der Waals surface area contributed by atoms with Crippen LogP contribution in [0.5, 0.6) is 0 Å². The van der Waals surface area contributed by atoms with E-state index in [2.05, 4.69) is 12.1 Å². The number of hydrogen-bond donors (Lipinski definition) is 0. The van der Waals surface area contributed by atoms with Crippen LogP contribution in [-0.4, -0.2) is 37.6 Å². The van der Waals surface area contributed by atoms with Crippen molar-refractivity contribution in [3.05, 3.63) is 35.9 Å². The van der Waals surface area contributed by atoms with E-state index in [0.717, 1.165) is 39.0 Å². The van der Waals surface area contributed by atoms with Crippen LogP contribution in [0.1, 0.15) is 24.8 Å². The van der Waals surface area contributed by atoms with Gasteiger partial charge in [0.25, 0.3) is 0 Å². The molecular weight excluding hydrogens is 238 g/mol. The molecule has 0 aromatic heterocycles. The van der Waals surface area contributed by atoms with Gasteiger partial charge in [0.1, 0.15) is 0 Å². The fourth-order valence-corrected chi connectivity index (χ4v) is 2.50. The van der Waals surface area contributed by atoms with Crippen molar-refractivity contribution < 1.29 is 9.53 Å². The van der Waals surface area contributed by atoms with E-state index in [1.165, 1.54) is 5.56 Å². The number of carbonyl (C=O) groups excluding carboxylic acids is 1. The van der Waals surface area contributed by atoms with Gasteiger partial charge < -0.3 is 9.64 Å². The molecule has 0 bridgehead atoms. The maximum Gasteiger partial charge on any atom is 0.222 e. The number of benzene rings is 1. The zero-order valence-corrected chi connectivity index (χ0v) is 11.7. The van der Waals surface area contributed by atoms with Crippen molar-refractivity contribution >= 4 is 5.91 Å². The van der Waals surface area contributed by atoms with Crippen LogP contribution in [-0.2, 0) is 16.0 Å². The SMILES string of the molecule is CN(CC1CCOCC1)C(=O)CCc1ccccc1. The third kappa shape index (κ3) is 4.67. The molecule has 0 N–H and O–H groups in total. The molecule has 0 atom stereocenters. The van der Waals surface area contributed by atoms with Gasteiger partial charge in [-0.05, 0) is 30.7 Å². The van der Waals surface area contributed by atoms with Gasteiger partial charge in [-0.1, -0.05) is 30.3 Å². The monoisotopic (exact) mass is 261 g/mol. The molecule has 19 heavy (non-hydrogen) atoms. The highest BCUT2D eigenvalue weighted by molar-refractivity contribution is 5.76. The lowest BCUT2D eigenvalue weighted by atomic mass is 9.99. The summed E-state index contributed by atoms with van der Waals surface area (Å²) in [5.74, 6) is 0.856. The Morgan fingerprint density at radius 2 is 1.95 bits per heavy atom. The quantitative estimate of drug-likeness (QED) is 0.815. The lowest BCUT2D eigenvalue weighted by Crippen LogP contribution is -2.34. The molecular formula is C16H23NO2. The predicted molar refractivity (Wildman–Crippen MR) is 75.9 cm³/mol. The molecule has 0 aliphatic carbocycles. The predicted octanol–water partition coefficient (Wildman–Crippen LogP) is 2.50. The minimum absolute atomic E-state index is 0.246. The number of carbonyl (C=O) groups is 1. The zero-order chi connectivity index (χ0) is 13.5. The Morgan fingerprint density at radius 3 is 2.63 bits per heavy atom. The molecule has 2 rings (SSSR count). The van der Waals surface area contributed by atoms with Crippen molar-refractivity contribution in [3.8, 4) is 0 Å². The molecule has 1 aliphatic rings. The molecule has 1 aromatic carbocycles. The van der Waals surface area contributed by atoms with E-state index in [1.807, 2.05) is 30.1 Å². The van der Waals surface area contributed by atoms with Crippen molar-refractivity contribution in [2.24, 2.45) is 5.92 Å². The molecule has 0 saturated carbocycles. The highest BCUT2D eigenvalue weighted by Gasteiger charge is 2.18. The number of nitrogens with zero attached hydrogens (tertiary/aromatic N) is 1. The standard InChI is InChI=1S/C16H23NO2/c1-17(13-15-9-11-19-12-10-15)16(18)8-7-14-5-3-2-4-6-14/h2-6,15H,7-13H2,1H3. The molecule has 1 saturated heterocycles. The van der Waals surface area contributed by atoms with Crippen LogP contribution < -0.4 is 0 Å². The summed E-state index contributed by atoms with van der Waals surface area (Å²) in [6, 6.07) is 10.2. The summed E-state index contributed by atoms with van der Waals surface area (Å²) in [6.07, 6.45) is 3.59. The lowest BCUT2D eigenvalue weighted by molar-refractivity contribution is -0.130. The summed E-state index contributed by atoms with van der Waals surface area (Å²) in [7, 11) is 1.92. The number of aryl methyl sites for hydroxylation is 1. The summed E-state index contributed by atoms with van der Waals surface area (Å²) >= 11 is 0. The van der Waals surface area contributed by atoms with E-state index in [9.17, 15) is 4.79 Å². The molecule has 1 aromatic rings. The molecule has 0 spiro atoms. The summed E-state index contributed by atoms with van der Waals surface area (Å²) in [5.41, 5.74) is 1.23. The van der Waals surface area contributed by atoms with E-state index in [0.29, 0.717) is 12.3 Å². The van der Waals surface area contributed by atoms with E-state index in [-0.39, 0.29) is 5.91 Å². The summed E-state index contributed by atoms with van der Waals surface area (Å²) in [4.78, 5) is 14.0. The Bertz CT molecular complexity index is 385. The molecule has 1 heterocycles. The molecule has 3 nitrogen and oxygen atoms in total. The average molecular weight is 261 g/mol. The zero-order valence-electron chi connectivity index (χ0n) is 11.7. The van der Waals surface area contributed by atoms with Gasteiger partial charge in [0.2, 0.25) is 5.91 Å². The fourth-order valence-electron chi connectivity index (χ4n) is 2.50. The highest BCUT2D eigenvalue weighted by atomic mass is 16.5. The average Bonchev–Trinajstić information content (AvgIpc) is 2.47. The first-order valence-corrected chi connectivity index (χ1v) is 7.11. The van der Waals surface area contributed by atoms with Crippen molar-refractivity contribution in [2.45, 2.75) is 25.7 Å². The fraction of sp³-hybridized carbons (Fsp3) is 0.562. The van der Waals surface area contributed by atoms with Gasteiger partial charge in [-0.2, -0.15) is 0 Å². The van der Waals surface area contributed by atoms with E-state index in [4.69, 9.17) is 4.74 Å². The Morgan fingerprint density at radius 1 is 1.26 bits per heavy atom. The smallest absolute Gasteiger partial charge is 0.222 e. The van der Waals surface area contributed by atoms with Crippen molar-refractivity contribution in [1.29, 1.82) is 0 Å². The van der Waals surface area contributed by atoms with Crippen molar-refractivity contribution in [1.82, 2.24) is 4.90 Å². The van der Waals surface area contributed by atoms with E-state index in [1.54, 1.807) is 0 Å². The summed E-state index contributed by atoms with van der Waals surface area (Å²) in [6.45, 7) is 2.56. The van der Waals surface area contributed by atoms with Crippen LogP contribution in [0.3, 0.4) is 0 Å². The third-order valence-corrected chi connectivity index (χ3v) is 3.77. The maximum absolute atomic E-state index is 12.1. The molecule has 0 unspecified atom stereocenters. The molecule has 1 fully saturated rings. The lowest BCUT2D eigenvalue weighted by Gasteiger charge is -2.27. The highest BCUT2D eigenvalue weighted by Crippen LogP contribution is 2.16. The topological polar surface area (TPSA) is 29.5 Å². The normalized spacial score (nSPS) is 16.3. The van der Waals surface area contributed by atoms with Crippen LogP contribution in [0.25, 0.3) is 0 Å². The van der Waals surface area contributed by atoms with Crippen LogP contribution in [0, 0.1) is 5.92 Å². The van der Waals surface area contributed by atoms with E-state index >= 15 is 0 Å². The second kappa shape index (κ2) is 7.29. The maximum atomic E-state index is 12.1. The first-order chi connectivity index (χ1) is 9.25. The Labute approximate surface area is 115 Å². The third-order valence-electron chi connectivity index (χ3n) is 3.77. The van der Waals surface area contributed by atoms with Gasteiger partial charge in [-0.15, -0.1) is 0 Å². The van der Waals surface area contributed by atoms with Crippen LogP contribution >= 0.6 is 0 Å². The minimum atomic E-state index is 0.246. The van der Waals surface area contributed by atoms with Gasteiger partial charge in [0.05, 0.1) is 0 Å². The van der Waals surface area contributed by atoms with Crippen LogP contribution in [0.15, 0.2) is 30.3 Å². The summed E-state index contributed by atoms with van der Waals surface area (Å²) < 4.78 is 5.34. The first kappa shape index (κ1) is 14.1.